The molecule has 0 heterocycles. The van der Waals surface area contributed by atoms with Gasteiger partial charge in [-0.25, -0.2) is 4.79 Å². The van der Waals surface area contributed by atoms with Gasteiger partial charge in [0, 0.05) is 5.54 Å². The van der Waals surface area contributed by atoms with Crippen molar-refractivity contribution in [3.8, 4) is 5.75 Å². The Labute approximate surface area is 86.6 Å². The first-order chi connectivity index (χ1) is 6.75. The molecule has 1 aromatic carbocycles. The summed E-state index contributed by atoms with van der Waals surface area (Å²) in [6.45, 7) is 0.258. The third-order valence-corrected chi connectivity index (χ3v) is 1.72. The Morgan fingerprint density at radius 2 is 2.21 bits per heavy atom. The van der Waals surface area contributed by atoms with Crippen LogP contribution in [0.1, 0.15) is 10.4 Å². The van der Waals surface area contributed by atoms with Gasteiger partial charge < -0.3 is 9.84 Å². The number of benzene rings is 1. The molecule has 0 aliphatic heterocycles. The first kappa shape index (κ1) is 10.6. The van der Waals surface area contributed by atoms with E-state index in [0.717, 1.165) is 0 Å². The van der Waals surface area contributed by atoms with Gasteiger partial charge in [-0.2, -0.15) is 0 Å². The molecule has 0 unspecified atom stereocenters. The van der Waals surface area contributed by atoms with Crippen molar-refractivity contribution in [1.29, 1.82) is 0 Å². The van der Waals surface area contributed by atoms with Crippen LogP contribution in [0, 0.1) is 0 Å². The Balaban J connectivity index is 2.79. The Bertz CT molecular complexity index is 347. The van der Waals surface area contributed by atoms with Crippen LogP contribution in [-0.2, 0) is 0 Å². The van der Waals surface area contributed by atoms with Gasteiger partial charge in [0.25, 0.3) is 0 Å². The van der Waals surface area contributed by atoms with Crippen LogP contribution in [0.2, 0.25) is 0 Å². The largest absolute Gasteiger partial charge is 0.489 e. The summed E-state index contributed by atoms with van der Waals surface area (Å²) >= 11 is 5.29. The molecule has 0 saturated heterocycles. The topological polar surface area (TPSA) is 46.5 Å². The fourth-order valence-corrected chi connectivity index (χ4v) is 1.02. The molecule has 0 amide bonds. The highest BCUT2D eigenvalue weighted by Crippen LogP contribution is 2.17. The number of ether oxygens (including phenoxy) is 1. The van der Waals surface area contributed by atoms with Crippen LogP contribution >= 0.6 is 11.6 Å². The Hall–Kier alpha value is -1.48. The molecular weight excluding hydrogens is 204 g/mol. The first-order valence-electron chi connectivity index (χ1n) is 3.96. The normalized spacial score (nSPS) is 10.4. The van der Waals surface area contributed by atoms with Gasteiger partial charge in [-0.1, -0.05) is 23.7 Å². The van der Waals surface area contributed by atoms with Crippen LogP contribution in [0.5, 0.6) is 5.75 Å². The quantitative estimate of drug-likeness (QED) is 0.834. The summed E-state index contributed by atoms with van der Waals surface area (Å²) in [5.74, 6) is -0.662. The van der Waals surface area contributed by atoms with Gasteiger partial charge in [0.05, 0.1) is 0 Å². The molecule has 0 spiro atoms. The van der Waals surface area contributed by atoms with Gasteiger partial charge in [-0.3, -0.25) is 0 Å². The highest BCUT2D eigenvalue weighted by Gasteiger charge is 2.08. The number of carboxylic acid groups (broad SMARTS) is 1. The lowest BCUT2D eigenvalue weighted by Crippen LogP contribution is -2.02. The molecular formula is C10H9ClO3. The lowest BCUT2D eigenvalue weighted by atomic mass is 10.2. The number of aromatic carboxylic acids is 1. The van der Waals surface area contributed by atoms with E-state index >= 15 is 0 Å². The van der Waals surface area contributed by atoms with Crippen LogP contribution in [0.25, 0.3) is 0 Å². The van der Waals surface area contributed by atoms with E-state index in [0.29, 0.717) is 5.75 Å². The van der Waals surface area contributed by atoms with Crippen molar-refractivity contribution in [2.45, 2.75) is 0 Å². The number of carbonyl (C=O) groups is 1. The maximum atomic E-state index is 10.7. The highest BCUT2D eigenvalue weighted by atomic mass is 35.5. The van der Waals surface area contributed by atoms with Crippen molar-refractivity contribution in [1.82, 2.24) is 0 Å². The third kappa shape index (κ3) is 2.78. The Morgan fingerprint density at radius 1 is 1.50 bits per heavy atom. The molecule has 1 N–H and O–H groups in total. The summed E-state index contributed by atoms with van der Waals surface area (Å²) in [4.78, 5) is 10.7. The van der Waals surface area contributed by atoms with E-state index in [2.05, 4.69) is 0 Å². The van der Waals surface area contributed by atoms with Gasteiger partial charge in [0.2, 0.25) is 0 Å². The van der Waals surface area contributed by atoms with Crippen molar-refractivity contribution in [2.75, 3.05) is 6.61 Å². The van der Waals surface area contributed by atoms with E-state index in [1.165, 1.54) is 11.6 Å². The minimum Gasteiger partial charge on any atom is -0.489 e. The van der Waals surface area contributed by atoms with E-state index < -0.39 is 5.97 Å². The van der Waals surface area contributed by atoms with E-state index in [1.54, 1.807) is 24.3 Å². The average Bonchev–Trinajstić information content (AvgIpc) is 2.19. The van der Waals surface area contributed by atoms with Crippen LogP contribution in [0.3, 0.4) is 0 Å². The molecule has 3 nitrogen and oxygen atoms in total. The zero-order chi connectivity index (χ0) is 10.4. The second-order valence-electron chi connectivity index (χ2n) is 2.47. The van der Waals surface area contributed by atoms with E-state index in [9.17, 15) is 4.79 Å². The lowest BCUT2D eigenvalue weighted by molar-refractivity contribution is 0.0693. The van der Waals surface area contributed by atoms with Gasteiger partial charge in [0.1, 0.15) is 17.9 Å². The van der Waals surface area contributed by atoms with Crippen molar-refractivity contribution in [2.24, 2.45) is 0 Å². The molecule has 0 fully saturated rings. The number of para-hydroxylation sites is 1. The Morgan fingerprint density at radius 3 is 2.86 bits per heavy atom. The monoisotopic (exact) mass is 212 g/mol. The summed E-state index contributed by atoms with van der Waals surface area (Å²) in [5, 5.41) is 8.80. The number of hydrogen-bond acceptors (Lipinski definition) is 2. The zero-order valence-corrected chi connectivity index (χ0v) is 8.07. The standard InChI is InChI=1S/C10H9ClO3/c11-6-3-7-14-9-5-2-1-4-8(9)10(12)13/h1-6H,7H2,(H,12,13)/b6-3+. The van der Waals surface area contributed by atoms with Crippen LogP contribution in [-0.4, -0.2) is 17.7 Å². The summed E-state index contributed by atoms with van der Waals surface area (Å²) in [6.07, 6.45) is 1.58. The fraction of sp³-hybridized carbons (Fsp3) is 0.100. The maximum absolute atomic E-state index is 10.7. The predicted molar refractivity (Wildman–Crippen MR) is 53.9 cm³/mol. The molecule has 4 heteroatoms. The maximum Gasteiger partial charge on any atom is 0.339 e. The Kier molecular flexibility index (Phi) is 4.01. The van der Waals surface area contributed by atoms with E-state index in [4.69, 9.17) is 21.4 Å². The number of rotatable bonds is 4. The molecule has 74 valence electrons. The van der Waals surface area contributed by atoms with Gasteiger partial charge in [-0.15, -0.1) is 0 Å². The van der Waals surface area contributed by atoms with Crippen molar-refractivity contribution >= 4 is 17.6 Å². The molecule has 0 saturated carbocycles. The molecule has 0 atom stereocenters. The zero-order valence-electron chi connectivity index (χ0n) is 7.31. The minimum atomic E-state index is -1.00. The second kappa shape index (κ2) is 5.29. The van der Waals surface area contributed by atoms with Crippen molar-refractivity contribution in [3.63, 3.8) is 0 Å². The van der Waals surface area contributed by atoms with Gasteiger partial charge >= 0.3 is 5.97 Å². The van der Waals surface area contributed by atoms with Crippen LogP contribution in [0.4, 0.5) is 0 Å². The summed E-state index contributed by atoms with van der Waals surface area (Å²) in [5.41, 5.74) is 1.47. The molecule has 0 radical (unpaired) electrons. The number of hydrogen-bond donors (Lipinski definition) is 1. The third-order valence-electron chi connectivity index (χ3n) is 1.54. The predicted octanol–water partition coefficient (Wildman–Crippen LogP) is 2.52. The van der Waals surface area contributed by atoms with Gasteiger partial charge in [0.15, 0.2) is 0 Å². The van der Waals surface area contributed by atoms with E-state index in [-0.39, 0.29) is 12.2 Å². The average molecular weight is 213 g/mol. The molecule has 0 bridgehead atoms. The molecule has 14 heavy (non-hydrogen) atoms. The second-order valence-corrected chi connectivity index (χ2v) is 2.73. The van der Waals surface area contributed by atoms with Crippen molar-refractivity contribution in [3.05, 3.63) is 41.4 Å². The van der Waals surface area contributed by atoms with E-state index in [1.807, 2.05) is 0 Å². The highest BCUT2D eigenvalue weighted by molar-refractivity contribution is 6.25. The molecule has 0 aromatic heterocycles. The smallest absolute Gasteiger partial charge is 0.339 e. The number of halogens is 1. The molecule has 0 aliphatic carbocycles. The lowest BCUT2D eigenvalue weighted by Gasteiger charge is -2.05. The number of carboxylic acids is 1. The van der Waals surface area contributed by atoms with Crippen LogP contribution < -0.4 is 4.74 Å². The summed E-state index contributed by atoms with van der Waals surface area (Å²) in [7, 11) is 0. The van der Waals surface area contributed by atoms with Crippen LogP contribution in [0.15, 0.2) is 35.9 Å². The minimum absolute atomic E-state index is 0.149. The van der Waals surface area contributed by atoms with Gasteiger partial charge in [-0.05, 0) is 18.2 Å². The van der Waals surface area contributed by atoms with Crippen molar-refractivity contribution < 1.29 is 14.6 Å². The summed E-state index contributed by atoms with van der Waals surface area (Å²) in [6, 6.07) is 6.45. The SMILES string of the molecule is O=C(O)c1ccccc1OC/C=C/Cl. The molecule has 1 aromatic rings. The molecule has 0 aliphatic rings. The summed E-state index contributed by atoms with van der Waals surface area (Å²) < 4.78 is 5.19. The molecule has 1 rings (SSSR count). The fourth-order valence-electron chi connectivity index (χ4n) is 0.943. The first-order valence-corrected chi connectivity index (χ1v) is 4.39.